The number of benzene rings is 1. The first kappa shape index (κ1) is 14.6. The van der Waals surface area contributed by atoms with Gasteiger partial charge < -0.3 is 10.1 Å². The summed E-state index contributed by atoms with van der Waals surface area (Å²) in [7, 11) is 1.65. The summed E-state index contributed by atoms with van der Waals surface area (Å²) < 4.78 is 5.37. The average Bonchev–Trinajstić information content (AvgIpc) is 3.02. The minimum atomic E-state index is -0.0746. The lowest BCUT2D eigenvalue weighted by atomic mass is 9.87. The Balaban J connectivity index is 1.67. The standard InChI is InChI=1S/C17H21N3O2/c1-11(14-5-3-4-6-16(14)22-2)19-17(21)12-7-8-15-13(9-12)10-18-20-15/h3-6,10-12H,7-9H2,1-2H3,(H,18,20)(H,19,21)/t11-,12+/m1/s1. The highest BCUT2D eigenvalue weighted by Crippen LogP contribution is 2.27. The number of hydrogen-bond donors (Lipinski definition) is 2. The number of carbonyl (C=O) groups is 1. The van der Waals surface area contributed by atoms with Crippen LogP contribution < -0.4 is 10.1 Å². The highest BCUT2D eigenvalue weighted by molar-refractivity contribution is 5.79. The Bertz CT molecular complexity index is 665. The molecule has 2 aromatic rings. The third-order valence-corrected chi connectivity index (χ3v) is 4.35. The van der Waals surface area contributed by atoms with Crippen LogP contribution in [0.1, 0.15) is 36.2 Å². The fraction of sp³-hybridized carbons (Fsp3) is 0.412. The first-order valence-corrected chi connectivity index (χ1v) is 7.63. The second-order valence-electron chi connectivity index (χ2n) is 5.79. The molecule has 5 heteroatoms. The van der Waals surface area contributed by atoms with Crippen LogP contribution in [0.3, 0.4) is 0 Å². The molecule has 0 spiro atoms. The molecule has 0 saturated heterocycles. The number of rotatable bonds is 4. The number of aromatic nitrogens is 2. The minimum absolute atomic E-state index is 0.0160. The van der Waals surface area contributed by atoms with Gasteiger partial charge in [-0.15, -0.1) is 0 Å². The van der Waals surface area contributed by atoms with Crippen LogP contribution in [-0.2, 0) is 17.6 Å². The van der Waals surface area contributed by atoms with Crippen molar-refractivity contribution in [1.82, 2.24) is 15.5 Å². The van der Waals surface area contributed by atoms with E-state index in [2.05, 4.69) is 15.5 Å². The van der Waals surface area contributed by atoms with Crippen LogP contribution >= 0.6 is 0 Å². The number of ether oxygens (including phenoxy) is 1. The molecule has 2 N–H and O–H groups in total. The number of aryl methyl sites for hydroxylation is 1. The third kappa shape index (κ3) is 2.84. The second kappa shape index (κ2) is 6.22. The molecule has 0 saturated carbocycles. The van der Waals surface area contributed by atoms with Crippen LogP contribution in [0, 0.1) is 5.92 Å². The molecule has 1 amide bonds. The average molecular weight is 299 g/mol. The maximum absolute atomic E-state index is 12.5. The lowest BCUT2D eigenvalue weighted by Gasteiger charge is -2.24. The fourth-order valence-corrected chi connectivity index (χ4v) is 3.07. The lowest BCUT2D eigenvalue weighted by Crippen LogP contribution is -2.35. The van der Waals surface area contributed by atoms with Gasteiger partial charge in [0.2, 0.25) is 5.91 Å². The number of aromatic amines is 1. The van der Waals surface area contributed by atoms with Crippen LogP contribution in [0.15, 0.2) is 30.5 Å². The van der Waals surface area contributed by atoms with Crippen molar-refractivity contribution in [2.45, 2.75) is 32.2 Å². The smallest absolute Gasteiger partial charge is 0.223 e. The zero-order chi connectivity index (χ0) is 15.5. The molecule has 1 aromatic heterocycles. The Hall–Kier alpha value is -2.30. The Kier molecular flexibility index (Phi) is 4.13. The molecule has 0 fully saturated rings. The molecule has 22 heavy (non-hydrogen) atoms. The largest absolute Gasteiger partial charge is 0.496 e. The molecule has 1 aromatic carbocycles. The molecule has 1 aliphatic rings. The molecule has 0 radical (unpaired) electrons. The van der Waals surface area contributed by atoms with Gasteiger partial charge in [0.15, 0.2) is 0 Å². The van der Waals surface area contributed by atoms with E-state index in [1.807, 2.05) is 37.4 Å². The number of hydrogen-bond acceptors (Lipinski definition) is 3. The van der Waals surface area contributed by atoms with Crippen LogP contribution in [-0.4, -0.2) is 23.2 Å². The predicted molar refractivity (Wildman–Crippen MR) is 83.7 cm³/mol. The van der Waals surface area contributed by atoms with Crippen molar-refractivity contribution >= 4 is 5.91 Å². The number of nitrogens with zero attached hydrogens (tertiary/aromatic N) is 1. The first-order chi connectivity index (χ1) is 10.7. The van der Waals surface area contributed by atoms with Crippen LogP contribution in [0.5, 0.6) is 5.75 Å². The molecule has 116 valence electrons. The van der Waals surface area contributed by atoms with E-state index in [1.165, 1.54) is 5.69 Å². The Labute approximate surface area is 130 Å². The molecular formula is C17H21N3O2. The number of amides is 1. The summed E-state index contributed by atoms with van der Waals surface area (Å²) >= 11 is 0. The van der Waals surface area contributed by atoms with E-state index >= 15 is 0 Å². The van der Waals surface area contributed by atoms with Gasteiger partial charge in [0, 0.05) is 17.2 Å². The van der Waals surface area contributed by atoms with Crippen molar-refractivity contribution in [2.75, 3.05) is 7.11 Å². The van der Waals surface area contributed by atoms with Gasteiger partial charge in [-0.3, -0.25) is 9.89 Å². The summed E-state index contributed by atoms with van der Waals surface area (Å²) in [6.45, 7) is 1.99. The van der Waals surface area contributed by atoms with E-state index in [0.29, 0.717) is 0 Å². The maximum atomic E-state index is 12.5. The van der Waals surface area contributed by atoms with Crippen molar-refractivity contribution in [3.05, 3.63) is 47.3 Å². The van der Waals surface area contributed by atoms with Gasteiger partial charge in [-0.2, -0.15) is 5.10 Å². The van der Waals surface area contributed by atoms with Gasteiger partial charge in [0.25, 0.3) is 0 Å². The lowest BCUT2D eigenvalue weighted by molar-refractivity contribution is -0.126. The summed E-state index contributed by atoms with van der Waals surface area (Å²) in [5.74, 6) is 0.920. The van der Waals surface area contributed by atoms with Crippen molar-refractivity contribution < 1.29 is 9.53 Å². The highest BCUT2D eigenvalue weighted by atomic mass is 16.5. The molecule has 1 heterocycles. The van der Waals surface area contributed by atoms with E-state index < -0.39 is 0 Å². The number of H-pyrrole nitrogens is 1. The second-order valence-corrected chi connectivity index (χ2v) is 5.79. The van der Waals surface area contributed by atoms with Crippen molar-refractivity contribution in [3.63, 3.8) is 0 Å². The van der Waals surface area contributed by atoms with Crippen LogP contribution in [0.25, 0.3) is 0 Å². The highest BCUT2D eigenvalue weighted by Gasteiger charge is 2.27. The molecule has 1 aliphatic carbocycles. The molecule has 5 nitrogen and oxygen atoms in total. The fourth-order valence-electron chi connectivity index (χ4n) is 3.07. The van der Waals surface area contributed by atoms with Gasteiger partial charge in [-0.1, -0.05) is 18.2 Å². The van der Waals surface area contributed by atoms with E-state index in [4.69, 9.17) is 4.74 Å². The van der Waals surface area contributed by atoms with Gasteiger partial charge in [-0.25, -0.2) is 0 Å². The zero-order valence-corrected chi connectivity index (χ0v) is 12.9. The van der Waals surface area contributed by atoms with Crippen LogP contribution in [0.2, 0.25) is 0 Å². The van der Waals surface area contributed by atoms with E-state index in [-0.39, 0.29) is 17.9 Å². The van der Waals surface area contributed by atoms with Gasteiger partial charge in [0.1, 0.15) is 5.75 Å². The number of para-hydroxylation sites is 1. The van der Waals surface area contributed by atoms with Gasteiger partial charge in [-0.05, 0) is 37.8 Å². The normalized spacial score (nSPS) is 18.4. The van der Waals surface area contributed by atoms with Crippen molar-refractivity contribution in [2.24, 2.45) is 5.92 Å². The van der Waals surface area contributed by atoms with E-state index in [9.17, 15) is 4.79 Å². The maximum Gasteiger partial charge on any atom is 0.223 e. The molecule has 0 unspecified atom stereocenters. The Morgan fingerprint density at radius 1 is 1.45 bits per heavy atom. The monoisotopic (exact) mass is 299 g/mol. The number of fused-ring (bicyclic) bond motifs is 1. The summed E-state index contributed by atoms with van der Waals surface area (Å²) in [4.78, 5) is 12.5. The third-order valence-electron chi connectivity index (χ3n) is 4.35. The van der Waals surface area contributed by atoms with Gasteiger partial charge >= 0.3 is 0 Å². The van der Waals surface area contributed by atoms with E-state index in [1.54, 1.807) is 7.11 Å². The van der Waals surface area contributed by atoms with Crippen LogP contribution in [0.4, 0.5) is 0 Å². The summed E-state index contributed by atoms with van der Waals surface area (Å²) in [6, 6.07) is 7.71. The number of carbonyl (C=O) groups excluding carboxylic acids is 1. The predicted octanol–water partition coefficient (Wildman–Crippen LogP) is 2.40. The summed E-state index contributed by atoms with van der Waals surface area (Å²) in [6.07, 6.45) is 4.34. The molecule has 2 atom stereocenters. The summed E-state index contributed by atoms with van der Waals surface area (Å²) in [5.41, 5.74) is 3.33. The van der Waals surface area contributed by atoms with Crippen molar-refractivity contribution in [3.8, 4) is 5.75 Å². The molecular weight excluding hydrogens is 278 g/mol. The molecule has 3 rings (SSSR count). The molecule has 0 bridgehead atoms. The quantitative estimate of drug-likeness (QED) is 0.911. The van der Waals surface area contributed by atoms with Gasteiger partial charge in [0.05, 0.1) is 19.3 Å². The topological polar surface area (TPSA) is 67.0 Å². The zero-order valence-electron chi connectivity index (χ0n) is 12.9. The summed E-state index contributed by atoms with van der Waals surface area (Å²) in [5, 5.41) is 10.2. The minimum Gasteiger partial charge on any atom is -0.496 e. The Morgan fingerprint density at radius 2 is 2.27 bits per heavy atom. The van der Waals surface area contributed by atoms with E-state index in [0.717, 1.165) is 36.1 Å². The van der Waals surface area contributed by atoms with Crippen molar-refractivity contribution in [1.29, 1.82) is 0 Å². The first-order valence-electron chi connectivity index (χ1n) is 7.63. The SMILES string of the molecule is COc1ccccc1[C@@H](C)NC(=O)[C@H]1CCc2[nH]ncc2C1. The number of nitrogens with one attached hydrogen (secondary N) is 2. The number of methoxy groups -OCH3 is 1. The molecule has 0 aliphatic heterocycles. The Morgan fingerprint density at radius 3 is 3.09 bits per heavy atom.